The fraction of sp³-hybridized carbons (Fsp3) is 0.955. The van der Waals surface area contributed by atoms with Crippen molar-refractivity contribution in [1.82, 2.24) is 0 Å². The molecule has 0 bridgehead atoms. The Labute approximate surface area is 199 Å². The summed E-state index contributed by atoms with van der Waals surface area (Å²) in [6.45, 7) is 2.14. The molecule has 0 aliphatic carbocycles. The summed E-state index contributed by atoms with van der Waals surface area (Å²) in [6.07, 6.45) is 18.2. The lowest BCUT2D eigenvalue weighted by molar-refractivity contribution is -0.139. The molecule has 0 spiro atoms. The highest BCUT2D eigenvalue weighted by molar-refractivity contribution is 7.47. The highest BCUT2D eigenvalue weighted by Gasteiger charge is 2.25. The predicted molar refractivity (Wildman–Crippen MR) is 128 cm³/mol. The van der Waals surface area contributed by atoms with Gasteiger partial charge >= 0.3 is 13.8 Å². The van der Waals surface area contributed by atoms with E-state index in [1.807, 2.05) is 0 Å². The van der Waals surface area contributed by atoms with Crippen LogP contribution < -0.4 is 5.73 Å². The molecule has 0 radical (unpaired) electrons. The van der Waals surface area contributed by atoms with Crippen LogP contribution in [0.5, 0.6) is 0 Å². The summed E-state index contributed by atoms with van der Waals surface area (Å²) < 4.78 is 26.4. The van der Waals surface area contributed by atoms with E-state index in [4.69, 9.17) is 31.7 Å². The third-order valence-corrected chi connectivity index (χ3v) is 6.30. The van der Waals surface area contributed by atoms with Crippen LogP contribution in [0.3, 0.4) is 0 Å². The first-order chi connectivity index (χ1) is 15.3. The summed E-state index contributed by atoms with van der Waals surface area (Å²) in [5, 5.41) is 8.00. The van der Waals surface area contributed by atoms with Crippen LogP contribution in [0.25, 0.3) is 0 Å². The van der Waals surface area contributed by atoms with Crippen molar-refractivity contribution < 1.29 is 33.1 Å². The minimum absolute atomic E-state index is 0.189. The number of hydrogen-bond acceptors (Lipinski definition) is 6. The number of carbonyl (C=O) groups is 1. The Morgan fingerprint density at radius 3 is 1.75 bits per heavy atom. The zero-order valence-electron chi connectivity index (χ0n) is 19.7. The predicted octanol–water partition coefficient (Wildman–Crippen LogP) is 5.64. The zero-order valence-corrected chi connectivity index (χ0v) is 21.4. The number of halogens is 1. The minimum atomic E-state index is -4.40. The quantitative estimate of drug-likeness (QED) is 0.0880. The number of aliphatic carboxylic acids is 1. The van der Waals surface area contributed by atoms with Crippen molar-refractivity contribution in [1.29, 1.82) is 0 Å². The Morgan fingerprint density at radius 1 is 0.844 bits per heavy atom. The fourth-order valence-corrected chi connectivity index (χ4v) is 4.15. The molecule has 0 amide bonds. The Hall–Kier alpha value is -0.210. The van der Waals surface area contributed by atoms with Gasteiger partial charge in [0.25, 0.3) is 0 Å². The maximum absolute atomic E-state index is 11.6. The molecule has 0 aliphatic heterocycles. The number of hydrogen-bond donors (Lipinski definition) is 3. The molecular formula is C22H45ClNO7P. The van der Waals surface area contributed by atoms with Gasteiger partial charge in [-0.25, -0.2) is 4.57 Å². The van der Waals surface area contributed by atoms with E-state index >= 15 is 0 Å². The first-order valence-corrected chi connectivity index (χ1v) is 14.0. The van der Waals surface area contributed by atoms with Crippen molar-refractivity contribution in [3.8, 4) is 0 Å². The second kappa shape index (κ2) is 21.3. The molecule has 0 aromatic heterocycles. The molecule has 192 valence electrons. The number of carboxylic acids is 1. The van der Waals surface area contributed by atoms with E-state index in [-0.39, 0.29) is 13.2 Å². The Kier molecular flexibility index (Phi) is 21.2. The highest BCUT2D eigenvalue weighted by Crippen LogP contribution is 2.43. The van der Waals surface area contributed by atoms with Gasteiger partial charge in [0.2, 0.25) is 0 Å². The van der Waals surface area contributed by atoms with Gasteiger partial charge in [0.15, 0.2) is 0 Å². The average molecular weight is 502 g/mol. The summed E-state index contributed by atoms with van der Waals surface area (Å²) in [4.78, 5) is 20.0. The van der Waals surface area contributed by atoms with Gasteiger partial charge in [-0.1, -0.05) is 90.4 Å². The number of ether oxygens (including phenoxy) is 1. The molecule has 0 heterocycles. The molecule has 32 heavy (non-hydrogen) atoms. The van der Waals surface area contributed by atoms with E-state index in [0.717, 1.165) is 12.8 Å². The van der Waals surface area contributed by atoms with Crippen molar-refractivity contribution in [2.75, 3.05) is 26.4 Å². The van der Waals surface area contributed by atoms with Gasteiger partial charge in [0.05, 0.1) is 25.2 Å². The molecule has 0 saturated heterocycles. The number of phosphoric ester groups is 1. The molecule has 0 rings (SSSR count). The average Bonchev–Trinajstić information content (AvgIpc) is 2.75. The standard InChI is InChI=1S/C22H45ClNO7P/c1-2-3-4-5-6-7-8-9-10-11-12-13-14-15-16-29-17-20(23)18-30-32(27,28)31-19-21(24)22(25)26/h20-21H,2-19,24H2,1H3,(H,25,26)(H,27,28)/t20?,21-/m0/s1. The SMILES string of the molecule is CCCCCCCCCCCCCCCCOCC(Cl)COP(=O)(O)OC[C@H](N)C(=O)O. The van der Waals surface area contributed by atoms with Crippen molar-refractivity contribution >= 4 is 25.4 Å². The summed E-state index contributed by atoms with van der Waals surface area (Å²) >= 11 is 6.01. The summed E-state index contributed by atoms with van der Waals surface area (Å²) in [5.41, 5.74) is 5.20. The van der Waals surface area contributed by atoms with Crippen molar-refractivity contribution in [3.05, 3.63) is 0 Å². The molecule has 0 aromatic carbocycles. The van der Waals surface area contributed by atoms with Crippen molar-refractivity contribution in [2.24, 2.45) is 5.73 Å². The Morgan fingerprint density at radius 2 is 1.28 bits per heavy atom. The van der Waals surface area contributed by atoms with Crippen LogP contribution in [0.15, 0.2) is 0 Å². The van der Waals surface area contributed by atoms with Gasteiger partial charge in [-0.3, -0.25) is 13.8 Å². The number of phosphoric acid groups is 1. The Bertz CT molecular complexity index is 499. The molecule has 4 N–H and O–H groups in total. The van der Waals surface area contributed by atoms with E-state index in [1.54, 1.807) is 0 Å². The van der Waals surface area contributed by atoms with E-state index < -0.39 is 31.8 Å². The van der Waals surface area contributed by atoms with Gasteiger partial charge in [0, 0.05) is 6.61 Å². The number of carboxylic acid groups (broad SMARTS) is 1. The topological polar surface area (TPSA) is 128 Å². The summed E-state index contributed by atoms with van der Waals surface area (Å²) in [5.74, 6) is -1.34. The highest BCUT2D eigenvalue weighted by atomic mass is 35.5. The van der Waals surface area contributed by atoms with Crippen LogP contribution in [0, 0.1) is 0 Å². The first kappa shape index (κ1) is 31.8. The molecule has 0 aromatic rings. The molecule has 0 aliphatic rings. The van der Waals surface area contributed by atoms with E-state index in [1.165, 1.54) is 77.0 Å². The second-order valence-corrected chi connectivity index (χ2v) is 10.3. The second-order valence-electron chi connectivity index (χ2n) is 8.27. The van der Waals surface area contributed by atoms with Crippen LogP contribution in [0.4, 0.5) is 0 Å². The first-order valence-electron chi connectivity index (χ1n) is 12.1. The van der Waals surface area contributed by atoms with Gasteiger partial charge in [-0.15, -0.1) is 11.6 Å². The van der Waals surface area contributed by atoms with Gasteiger partial charge < -0.3 is 20.5 Å². The molecule has 0 fully saturated rings. The monoisotopic (exact) mass is 501 g/mol. The third kappa shape index (κ3) is 21.6. The maximum atomic E-state index is 11.6. The van der Waals surface area contributed by atoms with E-state index in [9.17, 15) is 14.3 Å². The molecule has 0 saturated carbocycles. The lowest BCUT2D eigenvalue weighted by Gasteiger charge is -2.16. The van der Waals surface area contributed by atoms with Crippen LogP contribution >= 0.6 is 19.4 Å². The number of alkyl halides is 1. The molecule has 3 atom stereocenters. The largest absolute Gasteiger partial charge is 0.480 e. The maximum Gasteiger partial charge on any atom is 0.472 e. The van der Waals surface area contributed by atoms with Crippen LogP contribution in [0.2, 0.25) is 0 Å². The molecule has 10 heteroatoms. The Balaban J connectivity index is 3.43. The number of nitrogens with two attached hydrogens (primary N) is 1. The lowest BCUT2D eigenvalue weighted by Crippen LogP contribution is -2.34. The van der Waals surface area contributed by atoms with Crippen LogP contribution in [0.1, 0.15) is 96.8 Å². The minimum Gasteiger partial charge on any atom is -0.480 e. The summed E-state index contributed by atoms with van der Waals surface area (Å²) in [7, 11) is -4.40. The van der Waals surface area contributed by atoms with E-state index in [2.05, 4.69) is 11.4 Å². The third-order valence-electron chi connectivity index (χ3n) is 5.09. The van der Waals surface area contributed by atoms with Crippen LogP contribution in [-0.4, -0.2) is 53.8 Å². The number of rotatable bonds is 24. The zero-order chi connectivity index (χ0) is 24.1. The lowest BCUT2D eigenvalue weighted by atomic mass is 10.0. The smallest absolute Gasteiger partial charge is 0.472 e. The van der Waals surface area contributed by atoms with Crippen molar-refractivity contribution in [2.45, 2.75) is 108 Å². The number of unbranched alkanes of at least 4 members (excludes halogenated alkanes) is 13. The normalized spacial score (nSPS) is 15.4. The summed E-state index contributed by atoms with van der Waals surface area (Å²) in [6, 6.07) is -1.40. The van der Waals surface area contributed by atoms with Gasteiger partial charge in [-0.05, 0) is 6.42 Å². The van der Waals surface area contributed by atoms with Crippen molar-refractivity contribution in [3.63, 3.8) is 0 Å². The van der Waals surface area contributed by atoms with Gasteiger partial charge in [-0.2, -0.15) is 0 Å². The fourth-order valence-electron chi connectivity index (χ4n) is 3.12. The van der Waals surface area contributed by atoms with Crippen LogP contribution in [-0.2, 0) is 23.1 Å². The molecular weight excluding hydrogens is 457 g/mol. The van der Waals surface area contributed by atoms with E-state index in [0.29, 0.717) is 6.61 Å². The van der Waals surface area contributed by atoms with Gasteiger partial charge in [0.1, 0.15) is 6.04 Å². The molecule has 2 unspecified atom stereocenters. The molecule has 8 nitrogen and oxygen atoms in total.